The first-order valence-electron chi connectivity index (χ1n) is 11.1. The first-order valence-corrected chi connectivity index (χ1v) is 13.4. The van der Waals surface area contributed by atoms with Gasteiger partial charge in [-0.25, -0.2) is 8.42 Å². The molecule has 2 aromatic rings. The quantitative estimate of drug-likeness (QED) is 0.615. The summed E-state index contributed by atoms with van der Waals surface area (Å²) in [5.74, 6) is -1.58. The number of nitrogens with one attached hydrogen (secondary N) is 2. The number of hydrogen-bond acceptors (Lipinski definition) is 6. The fourth-order valence-corrected chi connectivity index (χ4v) is 7.05. The molecule has 36 heavy (non-hydrogen) atoms. The second-order valence-electron chi connectivity index (χ2n) is 9.13. The molecule has 0 bridgehead atoms. The van der Waals surface area contributed by atoms with E-state index in [4.69, 9.17) is 5.41 Å². The minimum atomic E-state index is -5.43. The molecule has 0 spiro atoms. The van der Waals surface area contributed by atoms with Crippen molar-refractivity contribution in [3.05, 3.63) is 46.2 Å². The molecule has 13 heteroatoms. The molecule has 2 atom stereocenters. The van der Waals surface area contributed by atoms with Crippen molar-refractivity contribution < 1.29 is 26.4 Å². The van der Waals surface area contributed by atoms with E-state index in [1.54, 1.807) is 25.1 Å². The molecular weight excluding hydrogens is 515 g/mol. The van der Waals surface area contributed by atoms with Crippen molar-refractivity contribution >= 4 is 33.2 Å². The van der Waals surface area contributed by atoms with Crippen molar-refractivity contribution in [3.63, 3.8) is 0 Å². The van der Waals surface area contributed by atoms with Crippen LogP contribution in [-0.2, 0) is 20.4 Å². The first kappa shape index (κ1) is 26.1. The number of sulfonamides is 1. The van der Waals surface area contributed by atoms with Crippen LogP contribution in [0.5, 0.6) is 0 Å². The third-order valence-electron chi connectivity index (χ3n) is 6.97. The number of hydrogen-bond donors (Lipinski definition) is 2. The minimum Gasteiger partial charge on any atom is -0.345 e. The fourth-order valence-electron chi connectivity index (χ4n) is 4.99. The number of carbonyl (C=O) groups is 1. The highest BCUT2D eigenvalue weighted by Crippen LogP contribution is 2.45. The normalized spacial score (nSPS) is 24.4. The highest BCUT2D eigenvalue weighted by molar-refractivity contribution is 7.90. The Hall–Kier alpha value is -2.95. The Kier molecular flexibility index (Phi) is 6.65. The molecule has 2 N–H and O–H groups in total. The van der Waals surface area contributed by atoms with Crippen molar-refractivity contribution in [1.82, 2.24) is 14.5 Å². The van der Waals surface area contributed by atoms with Crippen molar-refractivity contribution in [2.24, 2.45) is 11.8 Å². The maximum absolute atomic E-state index is 13.4. The van der Waals surface area contributed by atoms with Gasteiger partial charge < -0.3 is 5.32 Å². The molecule has 0 aliphatic carbocycles. The van der Waals surface area contributed by atoms with Crippen LogP contribution in [0.15, 0.2) is 35.7 Å². The predicted octanol–water partition coefficient (Wildman–Crippen LogP) is 3.68. The Balaban J connectivity index is 1.66. The molecule has 1 aromatic carbocycles. The Morgan fingerprint density at radius 3 is 2.50 bits per heavy atom. The van der Waals surface area contributed by atoms with Gasteiger partial charge in [-0.1, -0.05) is 12.1 Å². The molecule has 0 radical (unpaired) electrons. The summed E-state index contributed by atoms with van der Waals surface area (Å²) >= 11 is 1.38. The van der Waals surface area contributed by atoms with Crippen LogP contribution in [0.4, 0.5) is 13.2 Å². The third-order valence-corrected chi connectivity index (χ3v) is 9.77. The highest BCUT2D eigenvalue weighted by atomic mass is 32.2. The van der Waals surface area contributed by atoms with Gasteiger partial charge in [0, 0.05) is 25.0 Å². The zero-order valence-corrected chi connectivity index (χ0v) is 21.1. The number of carbonyl (C=O) groups excluding carboxylic acids is 1. The minimum absolute atomic E-state index is 0.0760. The Labute approximate surface area is 210 Å². The molecule has 2 saturated heterocycles. The lowest BCUT2D eigenvalue weighted by molar-refractivity contribution is -0.139. The van der Waals surface area contributed by atoms with E-state index in [0.717, 1.165) is 16.0 Å². The smallest absolute Gasteiger partial charge is 0.345 e. The van der Waals surface area contributed by atoms with Crippen LogP contribution in [0.3, 0.4) is 0 Å². The summed E-state index contributed by atoms with van der Waals surface area (Å²) in [6.45, 7) is 1.10. The average Bonchev–Trinajstić information content (AvgIpc) is 3.34. The first-order chi connectivity index (χ1) is 16.8. The van der Waals surface area contributed by atoms with Crippen LogP contribution in [0.2, 0.25) is 0 Å². The van der Waals surface area contributed by atoms with E-state index in [1.165, 1.54) is 23.3 Å². The Bertz CT molecular complexity index is 1340. The fraction of sp³-hybridized carbons (Fsp3) is 0.435. The lowest BCUT2D eigenvalue weighted by atomic mass is 9.70. The maximum atomic E-state index is 13.4. The van der Waals surface area contributed by atoms with Crippen LogP contribution < -0.4 is 5.32 Å². The van der Waals surface area contributed by atoms with E-state index in [-0.39, 0.29) is 37.8 Å². The molecular formula is C23H24F3N5O3S2. The number of halogens is 3. The van der Waals surface area contributed by atoms with Gasteiger partial charge >= 0.3 is 15.5 Å². The second-order valence-corrected chi connectivity index (χ2v) is 12.0. The van der Waals surface area contributed by atoms with Crippen LogP contribution in [0.25, 0.3) is 11.1 Å². The topological polar surface area (TPSA) is 117 Å². The molecule has 2 aliphatic heterocycles. The van der Waals surface area contributed by atoms with E-state index in [0.29, 0.717) is 9.87 Å². The van der Waals surface area contributed by atoms with Gasteiger partial charge in [-0.05, 0) is 60.4 Å². The standard InChI is InChI=1S/C23H24F3N5O3S2/c1-22(18-11-17(13-35-18)16-5-3-4-14(10-16)12-27)19(20(32)30(2)21(28)29-22)15-6-8-31(9-7-15)36(33,34)23(24,25)26/h3-5,10-11,13,15,19H,6-9H2,1-2H3,(H2,28,29)/t19-,22+/m0/s1. The number of nitrogens with zero attached hydrogens (tertiary/aromatic N) is 3. The van der Waals surface area contributed by atoms with E-state index in [2.05, 4.69) is 11.4 Å². The molecule has 1 amide bonds. The zero-order valence-electron chi connectivity index (χ0n) is 19.5. The lowest BCUT2D eigenvalue weighted by Crippen LogP contribution is -2.65. The summed E-state index contributed by atoms with van der Waals surface area (Å²) in [6.07, 6.45) is 0.152. The SMILES string of the molecule is CN1C(=N)N[C@](C)(c2cc(-c3cccc(C#N)c3)cs2)[C@@H](C2CCN(S(=O)(=O)C(F)(F)F)CC2)C1=O. The lowest BCUT2D eigenvalue weighted by Gasteiger charge is -2.49. The molecule has 8 nitrogen and oxygen atoms in total. The number of alkyl halides is 3. The van der Waals surface area contributed by atoms with E-state index in [1.807, 2.05) is 17.5 Å². The molecule has 1 aromatic heterocycles. The third kappa shape index (κ3) is 4.38. The number of benzene rings is 1. The van der Waals surface area contributed by atoms with Gasteiger partial charge in [-0.15, -0.1) is 11.3 Å². The summed E-state index contributed by atoms with van der Waals surface area (Å²) < 4.78 is 63.2. The summed E-state index contributed by atoms with van der Waals surface area (Å²) in [5, 5.41) is 22.5. The predicted molar refractivity (Wildman–Crippen MR) is 128 cm³/mol. The summed E-state index contributed by atoms with van der Waals surface area (Å²) in [4.78, 5) is 15.4. The van der Waals surface area contributed by atoms with Gasteiger partial charge in [0.1, 0.15) is 0 Å². The Morgan fingerprint density at radius 1 is 1.22 bits per heavy atom. The summed E-state index contributed by atoms with van der Waals surface area (Å²) in [5.41, 5.74) is -4.26. The molecule has 2 aliphatic rings. The van der Waals surface area contributed by atoms with Crippen LogP contribution in [0.1, 0.15) is 30.2 Å². The van der Waals surface area contributed by atoms with E-state index >= 15 is 0 Å². The average molecular weight is 540 g/mol. The molecule has 4 rings (SSSR count). The van der Waals surface area contributed by atoms with E-state index < -0.39 is 32.9 Å². The van der Waals surface area contributed by atoms with Crippen LogP contribution in [0, 0.1) is 28.6 Å². The van der Waals surface area contributed by atoms with Gasteiger partial charge in [0.05, 0.1) is 23.1 Å². The van der Waals surface area contributed by atoms with Gasteiger partial charge in [0.2, 0.25) is 5.91 Å². The van der Waals surface area contributed by atoms with Gasteiger partial charge in [-0.2, -0.15) is 22.7 Å². The van der Waals surface area contributed by atoms with Crippen LogP contribution >= 0.6 is 11.3 Å². The van der Waals surface area contributed by atoms with Crippen molar-refractivity contribution in [2.45, 2.75) is 30.8 Å². The second kappa shape index (κ2) is 9.17. The zero-order chi connectivity index (χ0) is 26.5. The van der Waals surface area contributed by atoms with Crippen molar-refractivity contribution in [1.29, 1.82) is 10.7 Å². The molecule has 192 valence electrons. The summed E-state index contributed by atoms with van der Waals surface area (Å²) in [7, 11) is -3.97. The van der Waals surface area contributed by atoms with Crippen molar-refractivity contribution in [2.75, 3.05) is 20.1 Å². The van der Waals surface area contributed by atoms with Crippen molar-refractivity contribution in [3.8, 4) is 17.2 Å². The number of piperidine rings is 1. The monoisotopic (exact) mass is 539 g/mol. The molecule has 0 unspecified atom stereocenters. The number of amides is 1. The largest absolute Gasteiger partial charge is 0.511 e. The number of nitriles is 1. The summed E-state index contributed by atoms with van der Waals surface area (Å²) in [6, 6.07) is 11.1. The van der Waals surface area contributed by atoms with Crippen LogP contribution in [-0.4, -0.2) is 55.1 Å². The Morgan fingerprint density at radius 2 is 1.89 bits per heavy atom. The van der Waals surface area contributed by atoms with Gasteiger partial charge in [0.15, 0.2) is 5.96 Å². The molecule has 3 heterocycles. The van der Waals surface area contributed by atoms with E-state index in [9.17, 15) is 31.6 Å². The number of thiophene rings is 1. The van der Waals surface area contributed by atoms with Gasteiger partial charge in [0.25, 0.3) is 0 Å². The highest BCUT2D eigenvalue weighted by Gasteiger charge is 2.55. The maximum Gasteiger partial charge on any atom is 0.511 e. The van der Waals surface area contributed by atoms with Gasteiger partial charge in [-0.3, -0.25) is 15.1 Å². The number of guanidine groups is 1. The molecule has 0 saturated carbocycles. The molecule has 2 fully saturated rings. The number of rotatable bonds is 4.